The summed E-state index contributed by atoms with van der Waals surface area (Å²) in [6.07, 6.45) is 0. The molecule has 0 aliphatic rings. The monoisotopic (exact) mass is 394 g/mol. The molecule has 0 atom stereocenters. The summed E-state index contributed by atoms with van der Waals surface area (Å²) >= 11 is 5.81. The van der Waals surface area contributed by atoms with E-state index in [0.717, 1.165) is 12.1 Å². The molecule has 1 heterocycles. The maximum absolute atomic E-state index is 12.3. The molecule has 1 aromatic heterocycles. The molecule has 26 heavy (non-hydrogen) atoms. The van der Waals surface area contributed by atoms with Crippen molar-refractivity contribution >= 4 is 27.3 Å². The van der Waals surface area contributed by atoms with Crippen LogP contribution in [0.15, 0.2) is 57.9 Å². The predicted octanol–water partition coefficient (Wildman–Crippen LogP) is 2.78. The van der Waals surface area contributed by atoms with Crippen molar-refractivity contribution in [2.45, 2.75) is 11.4 Å². The fraction of sp³-hybridized carbons (Fsp3) is 0.0667. The molecule has 0 aliphatic carbocycles. The van der Waals surface area contributed by atoms with E-state index in [1.54, 1.807) is 24.3 Å². The second-order valence-corrected chi connectivity index (χ2v) is 7.24. The average Bonchev–Trinajstić information content (AvgIpc) is 3.10. The third-order valence-electron chi connectivity index (χ3n) is 3.34. The van der Waals surface area contributed by atoms with Crippen LogP contribution in [0.2, 0.25) is 5.02 Å². The van der Waals surface area contributed by atoms with E-state index < -0.39 is 25.5 Å². The zero-order chi connectivity index (χ0) is 18.7. The van der Waals surface area contributed by atoms with Crippen LogP contribution in [0.25, 0.3) is 11.4 Å². The zero-order valence-electron chi connectivity index (χ0n) is 13.0. The molecule has 0 spiro atoms. The predicted molar refractivity (Wildman–Crippen MR) is 91.9 cm³/mol. The van der Waals surface area contributed by atoms with E-state index in [1.807, 2.05) is 0 Å². The SMILES string of the molecule is O=[N+]([O-])c1ccccc1S(=O)(=O)NCc1nc(-c2ccc(Cl)cc2)no1. The Labute approximate surface area is 152 Å². The Kier molecular flexibility index (Phi) is 4.98. The number of nitro benzene ring substituents is 1. The number of halogens is 1. The highest BCUT2D eigenvalue weighted by atomic mass is 35.5. The minimum atomic E-state index is -4.13. The number of para-hydroxylation sites is 1. The van der Waals surface area contributed by atoms with Gasteiger partial charge in [0.1, 0.15) is 0 Å². The van der Waals surface area contributed by atoms with Crippen LogP contribution in [-0.4, -0.2) is 23.5 Å². The molecule has 11 heteroatoms. The van der Waals surface area contributed by atoms with Crippen LogP contribution in [-0.2, 0) is 16.6 Å². The van der Waals surface area contributed by atoms with E-state index in [9.17, 15) is 18.5 Å². The highest BCUT2D eigenvalue weighted by Crippen LogP contribution is 2.23. The van der Waals surface area contributed by atoms with Gasteiger partial charge in [-0.1, -0.05) is 28.9 Å². The molecule has 0 radical (unpaired) electrons. The molecule has 0 amide bonds. The Morgan fingerprint density at radius 3 is 2.54 bits per heavy atom. The van der Waals surface area contributed by atoms with Gasteiger partial charge in [0.2, 0.25) is 21.7 Å². The van der Waals surface area contributed by atoms with Crippen LogP contribution in [0, 0.1) is 10.1 Å². The van der Waals surface area contributed by atoms with Gasteiger partial charge in [0.05, 0.1) is 11.5 Å². The van der Waals surface area contributed by atoms with Gasteiger partial charge < -0.3 is 4.52 Å². The lowest BCUT2D eigenvalue weighted by Gasteiger charge is -2.05. The van der Waals surface area contributed by atoms with Gasteiger partial charge >= 0.3 is 0 Å². The van der Waals surface area contributed by atoms with Gasteiger partial charge in [-0.25, -0.2) is 13.1 Å². The summed E-state index contributed by atoms with van der Waals surface area (Å²) in [5.74, 6) is 0.277. The van der Waals surface area contributed by atoms with Crippen molar-refractivity contribution in [3.63, 3.8) is 0 Å². The van der Waals surface area contributed by atoms with Crippen molar-refractivity contribution in [3.8, 4) is 11.4 Å². The summed E-state index contributed by atoms with van der Waals surface area (Å²) in [7, 11) is -4.13. The zero-order valence-corrected chi connectivity index (χ0v) is 14.6. The molecule has 0 saturated carbocycles. The first-order valence-corrected chi connectivity index (χ1v) is 9.04. The van der Waals surface area contributed by atoms with E-state index >= 15 is 0 Å². The van der Waals surface area contributed by atoms with Crippen LogP contribution >= 0.6 is 11.6 Å². The van der Waals surface area contributed by atoms with E-state index in [0.29, 0.717) is 10.6 Å². The Balaban J connectivity index is 1.77. The van der Waals surface area contributed by atoms with Gasteiger partial charge in [0, 0.05) is 16.7 Å². The average molecular weight is 395 g/mol. The number of hydrogen-bond acceptors (Lipinski definition) is 7. The fourth-order valence-corrected chi connectivity index (χ4v) is 3.38. The topological polar surface area (TPSA) is 128 Å². The normalized spacial score (nSPS) is 11.4. The maximum atomic E-state index is 12.3. The van der Waals surface area contributed by atoms with Crippen molar-refractivity contribution in [2.75, 3.05) is 0 Å². The largest absolute Gasteiger partial charge is 0.338 e. The minimum absolute atomic E-state index is 0.0112. The molecule has 9 nitrogen and oxygen atoms in total. The Morgan fingerprint density at radius 2 is 1.85 bits per heavy atom. The van der Waals surface area contributed by atoms with Crippen molar-refractivity contribution in [3.05, 3.63) is 69.6 Å². The van der Waals surface area contributed by atoms with Crippen molar-refractivity contribution in [2.24, 2.45) is 0 Å². The van der Waals surface area contributed by atoms with Crippen LogP contribution in [0.3, 0.4) is 0 Å². The number of aromatic nitrogens is 2. The summed E-state index contributed by atoms with van der Waals surface area (Å²) in [5.41, 5.74) is 0.123. The molecule has 0 saturated heterocycles. The summed E-state index contributed by atoms with van der Waals surface area (Å²) < 4.78 is 31.9. The molecular formula is C15H11ClN4O5S. The Bertz CT molecular complexity index is 1050. The number of nitro groups is 1. The van der Waals surface area contributed by atoms with Gasteiger partial charge in [-0.3, -0.25) is 10.1 Å². The van der Waals surface area contributed by atoms with Crippen molar-refractivity contribution in [1.82, 2.24) is 14.9 Å². The lowest BCUT2D eigenvalue weighted by molar-refractivity contribution is -0.387. The summed E-state index contributed by atoms with van der Waals surface area (Å²) in [6.45, 7) is -0.311. The quantitative estimate of drug-likeness (QED) is 0.502. The first-order chi connectivity index (χ1) is 12.4. The van der Waals surface area contributed by atoms with Gasteiger partial charge in [-0.15, -0.1) is 0 Å². The first-order valence-electron chi connectivity index (χ1n) is 7.18. The molecule has 2 aromatic carbocycles. The number of benzene rings is 2. The highest BCUT2D eigenvalue weighted by molar-refractivity contribution is 7.89. The summed E-state index contributed by atoms with van der Waals surface area (Å²) in [6, 6.07) is 11.7. The van der Waals surface area contributed by atoms with Crippen LogP contribution in [0.1, 0.15) is 5.89 Å². The van der Waals surface area contributed by atoms with Crippen LogP contribution in [0.4, 0.5) is 5.69 Å². The van der Waals surface area contributed by atoms with E-state index in [1.165, 1.54) is 12.1 Å². The second-order valence-electron chi connectivity index (χ2n) is 5.07. The first kappa shape index (κ1) is 18.0. The fourth-order valence-electron chi connectivity index (χ4n) is 2.11. The lowest BCUT2D eigenvalue weighted by Crippen LogP contribution is -2.24. The van der Waals surface area contributed by atoms with Crippen molar-refractivity contribution < 1.29 is 17.9 Å². The maximum Gasteiger partial charge on any atom is 0.289 e. The number of nitrogens with one attached hydrogen (secondary N) is 1. The lowest BCUT2D eigenvalue weighted by atomic mass is 10.2. The van der Waals surface area contributed by atoms with Crippen LogP contribution in [0.5, 0.6) is 0 Å². The Morgan fingerprint density at radius 1 is 1.15 bits per heavy atom. The number of sulfonamides is 1. The standard InChI is InChI=1S/C15H11ClN4O5S/c16-11-7-5-10(6-8-11)15-18-14(25-19-15)9-17-26(23,24)13-4-2-1-3-12(13)20(21)22/h1-8,17H,9H2. The molecule has 134 valence electrons. The number of hydrogen-bond donors (Lipinski definition) is 1. The highest BCUT2D eigenvalue weighted by Gasteiger charge is 2.25. The molecule has 3 rings (SSSR count). The third kappa shape index (κ3) is 3.87. The molecule has 0 unspecified atom stereocenters. The molecule has 0 bridgehead atoms. The molecule has 0 fully saturated rings. The molecular weight excluding hydrogens is 384 g/mol. The summed E-state index contributed by atoms with van der Waals surface area (Å²) in [4.78, 5) is 13.9. The number of rotatable bonds is 6. The van der Waals surface area contributed by atoms with E-state index in [4.69, 9.17) is 16.1 Å². The van der Waals surface area contributed by atoms with Crippen molar-refractivity contribution in [1.29, 1.82) is 0 Å². The van der Waals surface area contributed by atoms with Gasteiger partial charge in [0.25, 0.3) is 5.69 Å². The molecule has 3 aromatic rings. The van der Waals surface area contributed by atoms with Gasteiger partial charge in [-0.2, -0.15) is 4.98 Å². The second kappa shape index (κ2) is 7.20. The van der Waals surface area contributed by atoms with Crippen LogP contribution < -0.4 is 4.72 Å². The minimum Gasteiger partial charge on any atom is -0.338 e. The van der Waals surface area contributed by atoms with Gasteiger partial charge in [-0.05, 0) is 30.3 Å². The molecule has 0 aliphatic heterocycles. The van der Waals surface area contributed by atoms with E-state index in [2.05, 4.69) is 14.9 Å². The summed E-state index contributed by atoms with van der Waals surface area (Å²) in [5, 5.41) is 15.3. The van der Waals surface area contributed by atoms with Gasteiger partial charge in [0.15, 0.2) is 4.90 Å². The number of nitrogens with zero attached hydrogens (tertiary/aromatic N) is 3. The molecule has 1 N–H and O–H groups in total. The van der Waals surface area contributed by atoms with E-state index in [-0.39, 0.29) is 18.3 Å². The Hall–Kier alpha value is -2.82. The third-order valence-corrected chi connectivity index (χ3v) is 5.04. The smallest absolute Gasteiger partial charge is 0.289 e.